The summed E-state index contributed by atoms with van der Waals surface area (Å²) in [4.78, 5) is 7.97. The molecule has 0 atom stereocenters. The minimum atomic E-state index is -0.0212. The Hall–Kier alpha value is -7.89. The Morgan fingerprint density at radius 3 is 1.65 bits per heavy atom. The molecule has 2 aliphatic heterocycles. The van der Waals surface area contributed by atoms with Crippen molar-refractivity contribution in [2.45, 2.75) is 0 Å². The first kappa shape index (κ1) is 33.1. The van der Waals surface area contributed by atoms with Crippen molar-refractivity contribution in [2.75, 3.05) is 4.90 Å². The normalized spacial score (nSPS) is 12.6. The van der Waals surface area contributed by atoms with Gasteiger partial charge in [0.2, 0.25) is 0 Å². The van der Waals surface area contributed by atoms with Gasteiger partial charge in [-0.2, -0.15) is 0 Å². The number of nitrogens with zero attached hydrogens (tertiary/aromatic N) is 4. The lowest BCUT2D eigenvalue weighted by atomic mass is 9.33. The lowest BCUT2D eigenvalue weighted by molar-refractivity contribution is 1.09. The van der Waals surface area contributed by atoms with E-state index < -0.39 is 0 Å². The molecular formula is C55H35BN4. The molecule has 0 N–H and O–H groups in total. The maximum Gasteiger partial charge on any atom is 0.252 e. The van der Waals surface area contributed by atoms with Gasteiger partial charge in [0.25, 0.3) is 6.71 Å². The zero-order valence-corrected chi connectivity index (χ0v) is 32.6. The first-order chi connectivity index (χ1) is 29.8. The highest BCUT2D eigenvalue weighted by Crippen LogP contribution is 2.44. The third-order valence-electron chi connectivity index (χ3n) is 12.7. The number of fused-ring (bicyclic) bond motifs is 7. The molecule has 0 amide bonds. The van der Waals surface area contributed by atoms with Gasteiger partial charge < -0.3 is 9.47 Å². The van der Waals surface area contributed by atoms with Crippen LogP contribution in [-0.4, -0.2) is 20.8 Å². The number of anilines is 3. The second-order valence-corrected chi connectivity index (χ2v) is 15.9. The van der Waals surface area contributed by atoms with Crippen LogP contribution in [0.1, 0.15) is 0 Å². The van der Waals surface area contributed by atoms with Crippen molar-refractivity contribution in [2.24, 2.45) is 0 Å². The summed E-state index contributed by atoms with van der Waals surface area (Å²) in [7, 11) is 0. The monoisotopic (exact) mass is 762 g/mol. The van der Waals surface area contributed by atoms with E-state index in [0.717, 1.165) is 45.2 Å². The van der Waals surface area contributed by atoms with Crippen molar-refractivity contribution in [3.05, 3.63) is 212 Å². The smallest absolute Gasteiger partial charge is 0.252 e. The highest BCUT2D eigenvalue weighted by molar-refractivity contribution is 7.00. The molecule has 0 bridgehead atoms. The fourth-order valence-corrected chi connectivity index (χ4v) is 10.1. The third-order valence-corrected chi connectivity index (χ3v) is 12.7. The first-order valence-corrected chi connectivity index (χ1v) is 20.7. The van der Waals surface area contributed by atoms with Crippen LogP contribution in [0.15, 0.2) is 212 Å². The van der Waals surface area contributed by atoms with E-state index >= 15 is 0 Å². The lowest BCUT2D eigenvalue weighted by Crippen LogP contribution is -2.60. The highest BCUT2D eigenvalue weighted by Gasteiger charge is 2.43. The number of hydrogen-bond donors (Lipinski definition) is 0. The number of rotatable bonds is 5. The molecule has 0 fully saturated rings. The zero-order valence-electron chi connectivity index (χ0n) is 32.6. The Balaban J connectivity index is 1.19. The van der Waals surface area contributed by atoms with E-state index in [1.165, 1.54) is 66.1 Å². The fraction of sp³-hybridized carbons (Fsp3) is 0. The Morgan fingerprint density at radius 2 is 0.950 bits per heavy atom. The summed E-state index contributed by atoms with van der Waals surface area (Å²) in [6.07, 6.45) is 0. The maximum atomic E-state index is 5.44. The number of hydrogen-bond acceptors (Lipinski definition) is 2. The molecule has 0 aliphatic carbocycles. The van der Waals surface area contributed by atoms with Crippen LogP contribution in [0.3, 0.4) is 0 Å². The van der Waals surface area contributed by atoms with E-state index in [4.69, 9.17) is 4.98 Å². The largest absolute Gasteiger partial charge is 0.311 e. The van der Waals surface area contributed by atoms with E-state index in [1.807, 2.05) is 0 Å². The molecular weight excluding hydrogens is 727 g/mol. The molecule has 5 heteroatoms. The summed E-state index contributed by atoms with van der Waals surface area (Å²) in [5, 5.41) is 2.48. The average Bonchev–Trinajstić information content (AvgIpc) is 3.88. The van der Waals surface area contributed by atoms with Crippen molar-refractivity contribution < 1.29 is 0 Å². The van der Waals surface area contributed by atoms with Gasteiger partial charge in [0, 0.05) is 39.1 Å². The number of aromatic nitrogens is 3. The molecule has 0 saturated carbocycles. The molecule has 60 heavy (non-hydrogen) atoms. The quantitative estimate of drug-likeness (QED) is 0.163. The van der Waals surface area contributed by atoms with Gasteiger partial charge in [0.1, 0.15) is 5.82 Å². The van der Waals surface area contributed by atoms with Gasteiger partial charge in [0.15, 0.2) is 0 Å². The SMILES string of the molecule is c1ccc(-c2cccc(N3c4cc(-c5ccccc5)ccc4B4c5c3cc(-n3c6ccccc6c6ccccc63)cc5-n3c(-c5ccccc5)nc5cccc4c53)c2)cc1. The average molecular weight is 763 g/mol. The zero-order chi connectivity index (χ0) is 39.3. The minimum absolute atomic E-state index is 0.0212. The second-order valence-electron chi connectivity index (χ2n) is 15.9. The molecule has 9 aromatic carbocycles. The lowest BCUT2D eigenvalue weighted by Gasteiger charge is -2.41. The van der Waals surface area contributed by atoms with Crippen LogP contribution in [0.2, 0.25) is 0 Å². The molecule has 278 valence electrons. The number of para-hydroxylation sites is 3. The molecule has 0 radical (unpaired) electrons. The van der Waals surface area contributed by atoms with Crippen molar-refractivity contribution in [3.63, 3.8) is 0 Å². The standard InChI is InChI=1S/C55H35BN4/c1-4-16-36(17-5-1)39-22-14-23-41(32-39)58-50-33-40(37-18-6-2-7-19-37)30-31-45(50)56-46-26-15-27-47-54(46)60(55(57-47)38-20-8-3-9-21-38)52-35-42(34-51(58)53(52)56)59-48-28-12-10-24-43(48)44-25-11-13-29-49(44)59/h1-35H. The Morgan fingerprint density at radius 1 is 0.367 bits per heavy atom. The van der Waals surface area contributed by atoms with Crippen molar-refractivity contribution in [1.82, 2.24) is 14.1 Å². The fourth-order valence-electron chi connectivity index (χ4n) is 10.1. The first-order valence-electron chi connectivity index (χ1n) is 20.7. The molecule has 13 rings (SSSR count). The topological polar surface area (TPSA) is 26.0 Å². The summed E-state index contributed by atoms with van der Waals surface area (Å²) >= 11 is 0. The summed E-state index contributed by atoms with van der Waals surface area (Å²) in [5.41, 5.74) is 19.9. The summed E-state index contributed by atoms with van der Waals surface area (Å²) in [6, 6.07) is 77.5. The van der Waals surface area contributed by atoms with Gasteiger partial charge in [-0.25, -0.2) is 4.98 Å². The van der Waals surface area contributed by atoms with Crippen LogP contribution >= 0.6 is 0 Å². The van der Waals surface area contributed by atoms with Crippen molar-refractivity contribution in [1.29, 1.82) is 0 Å². The molecule has 0 unspecified atom stereocenters. The van der Waals surface area contributed by atoms with Crippen LogP contribution in [0, 0.1) is 0 Å². The second kappa shape index (κ2) is 12.8. The van der Waals surface area contributed by atoms with E-state index in [-0.39, 0.29) is 6.71 Å². The van der Waals surface area contributed by atoms with E-state index in [1.54, 1.807) is 0 Å². The summed E-state index contributed by atoms with van der Waals surface area (Å²) in [5.74, 6) is 0.945. The van der Waals surface area contributed by atoms with Crippen molar-refractivity contribution >= 4 is 73.0 Å². The molecule has 2 aromatic heterocycles. The van der Waals surface area contributed by atoms with Crippen LogP contribution in [-0.2, 0) is 0 Å². The van der Waals surface area contributed by atoms with Crippen LogP contribution in [0.25, 0.3) is 77.9 Å². The minimum Gasteiger partial charge on any atom is -0.311 e. The van der Waals surface area contributed by atoms with Gasteiger partial charge in [-0.15, -0.1) is 0 Å². The summed E-state index contributed by atoms with van der Waals surface area (Å²) in [6.45, 7) is -0.0212. The van der Waals surface area contributed by atoms with E-state index in [0.29, 0.717) is 0 Å². The van der Waals surface area contributed by atoms with Crippen LogP contribution < -0.4 is 21.3 Å². The summed E-state index contributed by atoms with van der Waals surface area (Å²) < 4.78 is 4.91. The highest BCUT2D eigenvalue weighted by atomic mass is 15.2. The van der Waals surface area contributed by atoms with Gasteiger partial charge in [-0.3, -0.25) is 4.57 Å². The van der Waals surface area contributed by atoms with Gasteiger partial charge >= 0.3 is 0 Å². The predicted octanol–water partition coefficient (Wildman–Crippen LogP) is 11.7. The Kier molecular flexibility index (Phi) is 7.07. The molecule has 4 heterocycles. The maximum absolute atomic E-state index is 5.44. The predicted molar refractivity (Wildman–Crippen MR) is 251 cm³/mol. The number of imidazole rings is 1. The molecule has 2 aliphatic rings. The van der Waals surface area contributed by atoms with E-state index in [9.17, 15) is 0 Å². The van der Waals surface area contributed by atoms with Gasteiger partial charge in [-0.05, 0) is 87.2 Å². The number of benzene rings is 9. The van der Waals surface area contributed by atoms with Gasteiger partial charge in [-0.1, -0.05) is 164 Å². The molecule has 0 saturated heterocycles. The van der Waals surface area contributed by atoms with E-state index in [2.05, 4.69) is 226 Å². The Bertz CT molecular complexity index is 3440. The molecule has 4 nitrogen and oxygen atoms in total. The third kappa shape index (κ3) is 4.77. The van der Waals surface area contributed by atoms with Crippen molar-refractivity contribution in [3.8, 4) is 45.0 Å². The molecule has 11 aromatic rings. The van der Waals surface area contributed by atoms with Gasteiger partial charge in [0.05, 0.1) is 27.8 Å². The van der Waals surface area contributed by atoms with Crippen LogP contribution in [0.5, 0.6) is 0 Å². The molecule has 0 spiro atoms. The van der Waals surface area contributed by atoms with Crippen LogP contribution in [0.4, 0.5) is 17.1 Å². The Labute approximate surface area is 348 Å².